The van der Waals surface area contributed by atoms with Gasteiger partial charge in [0, 0.05) is 25.7 Å². The Balaban J connectivity index is 2.41. The lowest BCUT2D eigenvalue weighted by Gasteiger charge is -2.36. The molecule has 0 aromatic heterocycles. The number of carboxylic acids is 1. The molecule has 0 aliphatic carbocycles. The Morgan fingerprint density at radius 3 is 2.81 bits per heavy atom. The molecule has 16 heavy (non-hydrogen) atoms. The van der Waals surface area contributed by atoms with Gasteiger partial charge >= 0.3 is 5.97 Å². The fraction of sp³-hybridized carbons (Fsp3) is 0.909. The highest BCUT2D eigenvalue weighted by Crippen LogP contribution is 2.16. The van der Waals surface area contributed by atoms with Crippen LogP contribution in [0.25, 0.3) is 0 Å². The van der Waals surface area contributed by atoms with Crippen LogP contribution in [0.3, 0.4) is 0 Å². The molecule has 5 nitrogen and oxygen atoms in total. The monoisotopic (exact) mass is 230 g/mol. The van der Waals surface area contributed by atoms with Gasteiger partial charge in [-0.25, -0.2) is 0 Å². The standard InChI is InChI=1S/C11H22N2O3/c1-2-13-7-9(11(15)16)6-10(8-13)12-4-3-5-14/h9-10,12,14H,2-8H2,1H3,(H,15,16). The van der Waals surface area contributed by atoms with Crippen LogP contribution in [0.15, 0.2) is 0 Å². The maximum Gasteiger partial charge on any atom is 0.307 e. The van der Waals surface area contributed by atoms with Crippen molar-refractivity contribution in [3.63, 3.8) is 0 Å². The van der Waals surface area contributed by atoms with Gasteiger partial charge in [-0.15, -0.1) is 0 Å². The van der Waals surface area contributed by atoms with Gasteiger partial charge in [0.15, 0.2) is 0 Å². The summed E-state index contributed by atoms with van der Waals surface area (Å²) in [6, 6.07) is 0.237. The summed E-state index contributed by atoms with van der Waals surface area (Å²) in [4.78, 5) is 13.2. The zero-order valence-electron chi connectivity index (χ0n) is 9.85. The Bertz CT molecular complexity index is 223. The summed E-state index contributed by atoms with van der Waals surface area (Å²) in [6.07, 6.45) is 1.41. The second-order valence-corrected chi connectivity index (χ2v) is 4.35. The Morgan fingerprint density at radius 1 is 1.50 bits per heavy atom. The van der Waals surface area contributed by atoms with E-state index in [-0.39, 0.29) is 18.6 Å². The smallest absolute Gasteiger partial charge is 0.307 e. The van der Waals surface area contributed by atoms with Crippen molar-refractivity contribution in [1.29, 1.82) is 0 Å². The number of carboxylic acid groups (broad SMARTS) is 1. The number of carbonyl (C=O) groups is 1. The lowest BCUT2D eigenvalue weighted by molar-refractivity contribution is -0.144. The van der Waals surface area contributed by atoms with Crippen molar-refractivity contribution in [2.45, 2.75) is 25.8 Å². The molecule has 0 saturated carbocycles. The van der Waals surface area contributed by atoms with Crippen LogP contribution in [-0.4, -0.2) is 59.9 Å². The number of piperidine rings is 1. The van der Waals surface area contributed by atoms with E-state index >= 15 is 0 Å². The van der Waals surface area contributed by atoms with E-state index in [0.29, 0.717) is 13.0 Å². The fourth-order valence-corrected chi connectivity index (χ4v) is 2.16. The summed E-state index contributed by atoms with van der Waals surface area (Å²) in [5.74, 6) is -0.965. The number of nitrogens with zero attached hydrogens (tertiary/aromatic N) is 1. The van der Waals surface area contributed by atoms with Crippen LogP contribution >= 0.6 is 0 Å². The maximum absolute atomic E-state index is 11.0. The Labute approximate surface area is 96.4 Å². The van der Waals surface area contributed by atoms with E-state index in [9.17, 15) is 4.79 Å². The molecule has 1 heterocycles. The van der Waals surface area contributed by atoms with Gasteiger partial charge in [0.25, 0.3) is 0 Å². The van der Waals surface area contributed by atoms with Gasteiger partial charge in [-0.1, -0.05) is 6.92 Å². The summed E-state index contributed by atoms with van der Waals surface area (Å²) in [6.45, 7) is 5.44. The molecule has 1 aliphatic heterocycles. The summed E-state index contributed by atoms with van der Waals surface area (Å²) in [5.41, 5.74) is 0. The summed E-state index contributed by atoms with van der Waals surface area (Å²) in [5, 5.41) is 21.0. The van der Waals surface area contributed by atoms with E-state index in [1.54, 1.807) is 0 Å². The third-order valence-electron chi connectivity index (χ3n) is 3.09. The van der Waals surface area contributed by atoms with Gasteiger partial charge in [0.1, 0.15) is 0 Å². The lowest BCUT2D eigenvalue weighted by atomic mass is 9.94. The number of aliphatic hydroxyl groups excluding tert-OH is 1. The quantitative estimate of drug-likeness (QED) is 0.549. The third kappa shape index (κ3) is 4.08. The minimum absolute atomic E-state index is 0.180. The number of rotatable bonds is 6. The average Bonchev–Trinajstić information content (AvgIpc) is 2.29. The highest BCUT2D eigenvalue weighted by molar-refractivity contribution is 5.70. The van der Waals surface area contributed by atoms with Crippen molar-refractivity contribution in [3.05, 3.63) is 0 Å². The molecule has 0 bridgehead atoms. The van der Waals surface area contributed by atoms with Gasteiger partial charge in [-0.05, 0) is 25.9 Å². The van der Waals surface area contributed by atoms with Crippen LogP contribution in [0.5, 0.6) is 0 Å². The highest BCUT2D eigenvalue weighted by atomic mass is 16.4. The van der Waals surface area contributed by atoms with Crippen LogP contribution in [-0.2, 0) is 4.79 Å². The first-order valence-electron chi connectivity index (χ1n) is 5.96. The second-order valence-electron chi connectivity index (χ2n) is 4.35. The Morgan fingerprint density at radius 2 is 2.25 bits per heavy atom. The van der Waals surface area contributed by atoms with E-state index in [4.69, 9.17) is 10.2 Å². The molecule has 2 unspecified atom stereocenters. The molecule has 1 saturated heterocycles. The molecule has 94 valence electrons. The number of aliphatic carboxylic acids is 1. The maximum atomic E-state index is 11.0. The Kier molecular flexibility index (Phi) is 5.73. The van der Waals surface area contributed by atoms with Crippen molar-refractivity contribution in [1.82, 2.24) is 10.2 Å². The average molecular weight is 230 g/mol. The van der Waals surface area contributed by atoms with Gasteiger partial charge in [-0.2, -0.15) is 0 Å². The topological polar surface area (TPSA) is 72.8 Å². The summed E-state index contributed by atoms with van der Waals surface area (Å²) in [7, 11) is 0. The van der Waals surface area contributed by atoms with Crippen LogP contribution < -0.4 is 5.32 Å². The van der Waals surface area contributed by atoms with Crippen molar-refractivity contribution >= 4 is 5.97 Å². The first-order chi connectivity index (χ1) is 7.67. The SMILES string of the molecule is CCN1CC(NCCCO)CC(C(=O)O)C1. The molecule has 2 atom stereocenters. The highest BCUT2D eigenvalue weighted by Gasteiger charge is 2.30. The van der Waals surface area contributed by atoms with E-state index in [0.717, 1.165) is 26.1 Å². The van der Waals surface area contributed by atoms with Gasteiger partial charge < -0.3 is 20.4 Å². The van der Waals surface area contributed by atoms with Crippen molar-refractivity contribution in [3.8, 4) is 0 Å². The lowest BCUT2D eigenvalue weighted by Crippen LogP contribution is -2.51. The predicted molar refractivity (Wildman–Crippen MR) is 61.4 cm³/mol. The number of aliphatic hydroxyl groups is 1. The molecule has 0 aromatic carbocycles. The fourth-order valence-electron chi connectivity index (χ4n) is 2.16. The molecule has 0 radical (unpaired) electrons. The number of likely N-dealkylation sites (N-methyl/N-ethyl adjacent to an activating group) is 1. The predicted octanol–water partition coefficient (Wildman–Crippen LogP) is -0.247. The molecule has 0 aromatic rings. The first kappa shape index (κ1) is 13.4. The molecule has 0 spiro atoms. The molecule has 1 rings (SSSR count). The van der Waals surface area contributed by atoms with E-state index in [2.05, 4.69) is 17.1 Å². The minimum atomic E-state index is -0.702. The van der Waals surface area contributed by atoms with E-state index in [1.807, 2.05) is 0 Å². The van der Waals surface area contributed by atoms with Gasteiger partial charge in [-0.3, -0.25) is 4.79 Å². The molecular weight excluding hydrogens is 208 g/mol. The normalized spacial score (nSPS) is 26.9. The zero-order valence-corrected chi connectivity index (χ0v) is 9.85. The first-order valence-corrected chi connectivity index (χ1v) is 5.96. The van der Waals surface area contributed by atoms with Crippen LogP contribution in [0.2, 0.25) is 0 Å². The van der Waals surface area contributed by atoms with Crippen LogP contribution in [0.1, 0.15) is 19.8 Å². The van der Waals surface area contributed by atoms with Crippen molar-refractivity contribution in [2.75, 3.05) is 32.8 Å². The minimum Gasteiger partial charge on any atom is -0.481 e. The van der Waals surface area contributed by atoms with Crippen molar-refractivity contribution in [2.24, 2.45) is 5.92 Å². The molecule has 5 heteroatoms. The van der Waals surface area contributed by atoms with Gasteiger partial charge in [0.2, 0.25) is 0 Å². The molecule has 0 amide bonds. The van der Waals surface area contributed by atoms with Crippen LogP contribution in [0.4, 0.5) is 0 Å². The zero-order chi connectivity index (χ0) is 12.0. The number of hydrogen-bond donors (Lipinski definition) is 3. The summed E-state index contributed by atoms with van der Waals surface area (Å²) < 4.78 is 0. The molecular formula is C11H22N2O3. The van der Waals surface area contributed by atoms with Crippen molar-refractivity contribution < 1.29 is 15.0 Å². The second kappa shape index (κ2) is 6.83. The largest absolute Gasteiger partial charge is 0.481 e. The van der Waals surface area contributed by atoms with Crippen LogP contribution in [0, 0.1) is 5.92 Å². The molecule has 3 N–H and O–H groups in total. The van der Waals surface area contributed by atoms with Gasteiger partial charge in [0.05, 0.1) is 5.92 Å². The molecule has 1 fully saturated rings. The summed E-state index contributed by atoms with van der Waals surface area (Å²) >= 11 is 0. The third-order valence-corrected chi connectivity index (χ3v) is 3.09. The molecule has 1 aliphatic rings. The Hall–Kier alpha value is -0.650. The number of likely N-dealkylation sites (tertiary alicyclic amines) is 1. The number of nitrogens with one attached hydrogen (secondary N) is 1. The van der Waals surface area contributed by atoms with E-state index in [1.165, 1.54) is 0 Å². The number of hydrogen-bond acceptors (Lipinski definition) is 4. The van der Waals surface area contributed by atoms with E-state index < -0.39 is 5.97 Å².